The predicted octanol–water partition coefficient (Wildman–Crippen LogP) is 3.29. The smallest absolute Gasteiger partial charge is 0.260 e. The lowest BCUT2D eigenvalue weighted by atomic mass is 10.3. The third-order valence-electron chi connectivity index (χ3n) is 1.89. The number of carbonyl (C=O) groups excluding carboxylic acids is 1. The van der Waals surface area contributed by atoms with Crippen molar-refractivity contribution in [3.63, 3.8) is 0 Å². The number of rotatable bonds is 2. The van der Waals surface area contributed by atoms with Crippen LogP contribution in [-0.4, -0.2) is 5.91 Å². The summed E-state index contributed by atoms with van der Waals surface area (Å²) in [7, 11) is 0. The van der Waals surface area contributed by atoms with Crippen LogP contribution in [0.25, 0.3) is 0 Å². The van der Waals surface area contributed by atoms with Gasteiger partial charge in [-0.05, 0) is 34.1 Å². The molecule has 0 unspecified atom stereocenters. The number of anilines is 1. The molecule has 0 radical (unpaired) electrons. The van der Waals surface area contributed by atoms with Gasteiger partial charge in [0.1, 0.15) is 0 Å². The van der Waals surface area contributed by atoms with Gasteiger partial charge in [-0.3, -0.25) is 4.79 Å². The Morgan fingerprint density at radius 2 is 1.93 bits per heavy atom. The maximum absolute atomic E-state index is 11.7. The van der Waals surface area contributed by atoms with Gasteiger partial charge in [0.25, 0.3) is 5.91 Å². The highest BCUT2D eigenvalue weighted by molar-refractivity contribution is 9.10. The Morgan fingerprint density at radius 3 is 2.53 bits per heavy atom. The van der Waals surface area contributed by atoms with Crippen LogP contribution in [0.2, 0.25) is 0 Å². The van der Waals surface area contributed by atoms with Crippen molar-refractivity contribution in [3.05, 3.63) is 52.9 Å². The molecule has 0 spiro atoms. The van der Waals surface area contributed by atoms with Gasteiger partial charge in [-0.15, -0.1) is 0 Å². The third-order valence-corrected chi connectivity index (χ3v) is 2.51. The van der Waals surface area contributed by atoms with Gasteiger partial charge in [0.05, 0.1) is 11.8 Å². The van der Waals surface area contributed by atoms with E-state index >= 15 is 0 Å². The van der Waals surface area contributed by atoms with Crippen LogP contribution in [0.5, 0.6) is 0 Å². The average molecular weight is 266 g/mol. The fraction of sp³-hybridized carbons (Fsp3) is 0. The molecule has 0 saturated heterocycles. The van der Waals surface area contributed by atoms with Crippen LogP contribution in [0, 0.1) is 0 Å². The number of amides is 1. The van der Waals surface area contributed by atoms with E-state index in [4.69, 9.17) is 4.42 Å². The zero-order chi connectivity index (χ0) is 10.7. The molecule has 0 fully saturated rings. The Hall–Kier alpha value is -1.55. The van der Waals surface area contributed by atoms with Gasteiger partial charge in [0, 0.05) is 5.69 Å². The summed E-state index contributed by atoms with van der Waals surface area (Å²) in [6.45, 7) is 0. The lowest BCUT2D eigenvalue weighted by Gasteiger charge is -2.02. The summed E-state index contributed by atoms with van der Waals surface area (Å²) in [6.07, 6.45) is 1.46. The van der Waals surface area contributed by atoms with E-state index in [2.05, 4.69) is 21.2 Å². The van der Waals surface area contributed by atoms with E-state index in [1.165, 1.54) is 6.26 Å². The number of furan rings is 1. The lowest BCUT2D eigenvalue weighted by molar-refractivity contribution is 0.102. The summed E-state index contributed by atoms with van der Waals surface area (Å²) in [5.41, 5.74) is 1.24. The first-order valence-electron chi connectivity index (χ1n) is 4.37. The molecule has 0 aliphatic rings. The van der Waals surface area contributed by atoms with E-state index in [0.717, 1.165) is 5.69 Å². The second kappa shape index (κ2) is 4.31. The Morgan fingerprint density at radius 1 is 1.20 bits per heavy atom. The highest BCUT2D eigenvalue weighted by Crippen LogP contribution is 2.18. The Bertz CT molecular complexity index is 464. The van der Waals surface area contributed by atoms with Crippen LogP contribution in [0.4, 0.5) is 5.69 Å². The number of para-hydroxylation sites is 1. The maximum Gasteiger partial charge on any atom is 0.260 e. The van der Waals surface area contributed by atoms with E-state index in [1.54, 1.807) is 6.07 Å². The molecule has 0 aliphatic carbocycles. The highest BCUT2D eigenvalue weighted by atomic mass is 79.9. The van der Waals surface area contributed by atoms with Gasteiger partial charge in [0.15, 0.2) is 4.67 Å². The van der Waals surface area contributed by atoms with E-state index in [9.17, 15) is 4.79 Å². The van der Waals surface area contributed by atoms with Crippen LogP contribution in [0.3, 0.4) is 0 Å². The van der Waals surface area contributed by atoms with Crippen molar-refractivity contribution in [1.82, 2.24) is 0 Å². The second-order valence-corrected chi connectivity index (χ2v) is 3.65. The normalized spacial score (nSPS) is 9.93. The van der Waals surface area contributed by atoms with Crippen molar-refractivity contribution in [3.8, 4) is 0 Å². The van der Waals surface area contributed by atoms with Crippen molar-refractivity contribution >= 4 is 27.5 Å². The number of halogens is 1. The van der Waals surface area contributed by atoms with E-state index in [1.807, 2.05) is 30.3 Å². The van der Waals surface area contributed by atoms with Crippen molar-refractivity contribution in [2.24, 2.45) is 0 Å². The molecule has 1 aromatic carbocycles. The molecule has 1 aromatic heterocycles. The molecule has 2 rings (SSSR count). The number of nitrogens with one attached hydrogen (secondary N) is 1. The molecule has 2 aromatic rings. The standard InChI is InChI=1S/C11H8BrNO2/c12-10-9(6-7-15-10)11(14)13-8-4-2-1-3-5-8/h1-7H,(H,13,14). The molecule has 1 amide bonds. The molecule has 76 valence electrons. The summed E-state index contributed by atoms with van der Waals surface area (Å²) < 4.78 is 5.42. The first-order valence-corrected chi connectivity index (χ1v) is 5.16. The van der Waals surface area contributed by atoms with Gasteiger partial charge < -0.3 is 9.73 Å². The average Bonchev–Trinajstić information content (AvgIpc) is 2.66. The fourth-order valence-electron chi connectivity index (χ4n) is 1.18. The van der Waals surface area contributed by atoms with Gasteiger partial charge in [-0.2, -0.15) is 0 Å². The van der Waals surface area contributed by atoms with E-state index < -0.39 is 0 Å². The van der Waals surface area contributed by atoms with Gasteiger partial charge in [-0.25, -0.2) is 0 Å². The Labute approximate surface area is 95.2 Å². The molecule has 1 N–H and O–H groups in total. The molecule has 0 saturated carbocycles. The zero-order valence-corrected chi connectivity index (χ0v) is 9.32. The molecule has 0 aliphatic heterocycles. The number of hydrogen-bond donors (Lipinski definition) is 1. The molecule has 0 atom stereocenters. The fourth-order valence-corrected chi connectivity index (χ4v) is 1.60. The minimum atomic E-state index is -0.193. The van der Waals surface area contributed by atoms with Crippen LogP contribution < -0.4 is 5.32 Å². The van der Waals surface area contributed by atoms with Gasteiger partial charge in [0.2, 0.25) is 0 Å². The van der Waals surface area contributed by atoms with Crippen molar-refractivity contribution in [1.29, 1.82) is 0 Å². The van der Waals surface area contributed by atoms with Gasteiger partial charge in [-0.1, -0.05) is 18.2 Å². The summed E-state index contributed by atoms with van der Waals surface area (Å²) in [5.74, 6) is -0.193. The summed E-state index contributed by atoms with van der Waals surface area (Å²) in [4.78, 5) is 11.7. The SMILES string of the molecule is O=C(Nc1ccccc1)c1ccoc1Br. The number of benzene rings is 1. The van der Waals surface area contributed by atoms with E-state index in [0.29, 0.717) is 10.2 Å². The molecule has 4 heteroatoms. The Balaban J connectivity index is 2.15. The van der Waals surface area contributed by atoms with Gasteiger partial charge >= 0.3 is 0 Å². The molecule has 15 heavy (non-hydrogen) atoms. The van der Waals surface area contributed by atoms with Crippen molar-refractivity contribution in [2.75, 3.05) is 5.32 Å². The molecule has 3 nitrogen and oxygen atoms in total. The number of hydrogen-bond acceptors (Lipinski definition) is 2. The maximum atomic E-state index is 11.7. The van der Waals surface area contributed by atoms with E-state index in [-0.39, 0.29) is 5.91 Å². The highest BCUT2D eigenvalue weighted by Gasteiger charge is 2.12. The van der Waals surface area contributed by atoms with Crippen LogP contribution >= 0.6 is 15.9 Å². The van der Waals surface area contributed by atoms with Crippen LogP contribution in [-0.2, 0) is 0 Å². The Kier molecular flexibility index (Phi) is 2.87. The first kappa shape index (κ1) is 9.98. The molecular formula is C11H8BrNO2. The third kappa shape index (κ3) is 2.27. The summed E-state index contributed by atoms with van der Waals surface area (Å²) in [5, 5.41) is 2.76. The monoisotopic (exact) mass is 265 g/mol. The first-order chi connectivity index (χ1) is 7.27. The van der Waals surface area contributed by atoms with Crippen molar-refractivity contribution in [2.45, 2.75) is 0 Å². The second-order valence-electron chi connectivity index (χ2n) is 2.93. The summed E-state index contributed by atoms with van der Waals surface area (Å²) in [6, 6.07) is 10.9. The van der Waals surface area contributed by atoms with Crippen LogP contribution in [0.1, 0.15) is 10.4 Å². The molecule has 0 bridgehead atoms. The largest absolute Gasteiger partial charge is 0.457 e. The lowest BCUT2D eigenvalue weighted by Crippen LogP contribution is -2.11. The van der Waals surface area contributed by atoms with Crippen LogP contribution in [0.15, 0.2) is 51.7 Å². The predicted molar refractivity (Wildman–Crippen MR) is 60.8 cm³/mol. The zero-order valence-electron chi connectivity index (χ0n) is 7.74. The molecule has 1 heterocycles. The quantitative estimate of drug-likeness (QED) is 0.906. The minimum Gasteiger partial charge on any atom is -0.457 e. The molecular weight excluding hydrogens is 258 g/mol. The van der Waals surface area contributed by atoms with Crippen molar-refractivity contribution < 1.29 is 9.21 Å². The topological polar surface area (TPSA) is 42.2 Å². The minimum absolute atomic E-state index is 0.193. The number of carbonyl (C=O) groups is 1. The summed E-state index contributed by atoms with van der Waals surface area (Å²) >= 11 is 3.15.